The van der Waals surface area contributed by atoms with E-state index in [0.717, 1.165) is 35.3 Å². The number of nitrogens with two attached hydrogens (primary N) is 1. The van der Waals surface area contributed by atoms with Gasteiger partial charge in [0.25, 0.3) is 0 Å². The Morgan fingerprint density at radius 2 is 2.00 bits per heavy atom. The molecule has 26 heavy (non-hydrogen) atoms. The Morgan fingerprint density at radius 1 is 1.35 bits per heavy atom. The molecule has 1 aromatic carbocycles. The van der Waals surface area contributed by atoms with Crippen molar-refractivity contribution in [3.05, 3.63) is 53.3 Å². The minimum Gasteiger partial charge on any atom is -0.379 e. The van der Waals surface area contributed by atoms with Gasteiger partial charge in [0.05, 0.1) is 16.4 Å². The molecule has 1 heterocycles. The van der Waals surface area contributed by atoms with Gasteiger partial charge in [-0.1, -0.05) is 36.7 Å². The van der Waals surface area contributed by atoms with E-state index >= 15 is 0 Å². The van der Waals surface area contributed by atoms with Crippen molar-refractivity contribution in [3.8, 4) is 6.07 Å². The van der Waals surface area contributed by atoms with Crippen molar-refractivity contribution < 1.29 is 4.28 Å². The van der Waals surface area contributed by atoms with Crippen LogP contribution >= 0.6 is 24.7 Å². The van der Waals surface area contributed by atoms with Crippen LogP contribution in [0.5, 0.6) is 0 Å². The molecule has 0 saturated heterocycles. The third-order valence-corrected chi connectivity index (χ3v) is 4.87. The summed E-state index contributed by atoms with van der Waals surface area (Å²) in [7, 11) is 0. The molecule has 1 saturated carbocycles. The quantitative estimate of drug-likeness (QED) is 0.258. The molecule has 3 rings (SSSR count). The van der Waals surface area contributed by atoms with Crippen LogP contribution in [0.25, 0.3) is 0 Å². The fourth-order valence-electron chi connectivity index (χ4n) is 2.24. The predicted molar refractivity (Wildman–Crippen MR) is 108 cm³/mol. The van der Waals surface area contributed by atoms with Crippen LogP contribution in [0.3, 0.4) is 0 Å². The summed E-state index contributed by atoms with van der Waals surface area (Å²) < 4.78 is 5.22. The first-order valence-corrected chi connectivity index (χ1v) is 9.58. The highest BCUT2D eigenvalue weighted by molar-refractivity contribution is 7.94. The number of nitriles is 1. The average Bonchev–Trinajstić information content (AvgIpc) is 3.46. The molecule has 2 N–H and O–H groups in total. The zero-order chi connectivity index (χ0) is 19.2. The summed E-state index contributed by atoms with van der Waals surface area (Å²) in [6.45, 7) is 6.02. The standard InChI is InChI=1S/C17H16N4OS2.C2H6/c1-11-2-4-13(5-3-11)24-22-21-16(19)15-14(23)8-12(9-20-15)17(10-18)6-7-17;1-2/h2-5,8-9,23H,6-7H2,1H3,(H2,19,21);1-2H3. The molecule has 0 radical (unpaired) electrons. The van der Waals surface area contributed by atoms with Crippen LogP contribution in [-0.4, -0.2) is 10.8 Å². The van der Waals surface area contributed by atoms with Gasteiger partial charge < -0.3 is 10.0 Å². The van der Waals surface area contributed by atoms with Crippen LogP contribution in [0.15, 0.2) is 51.5 Å². The van der Waals surface area contributed by atoms with E-state index in [2.05, 4.69) is 28.8 Å². The topological polar surface area (TPSA) is 84.3 Å². The SMILES string of the molecule is CC.Cc1ccc(SO/N=C(\N)c2ncc(C3(C#N)CC3)cc2S)cc1. The lowest BCUT2D eigenvalue weighted by Gasteiger charge is -2.09. The Hall–Kier alpha value is -2.17. The van der Waals surface area contributed by atoms with Crippen LogP contribution in [0.2, 0.25) is 0 Å². The van der Waals surface area contributed by atoms with Crippen LogP contribution in [0.1, 0.15) is 43.5 Å². The summed E-state index contributed by atoms with van der Waals surface area (Å²) in [4.78, 5) is 5.81. The van der Waals surface area contributed by atoms with Crippen molar-refractivity contribution in [1.82, 2.24) is 4.98 Å². The third kappa shape index (κ3) is 4.71. The van der Waals surface area contributed by atoms with Crippen molar-refractivity contribution in [2.75, 3.05) is 0 Å². The van der Waals surface area contributed by atoms with E-state index in [1.165, 1.54) is 5.56 Å². The second-order valence-electron chi connectivity index (χ2n) is 5.73. The number of rotatable bonds is 5. The van der Waals surface area contributed by atoms with Gasteiger partial charge in [-0.05, 0) is 43.5 Å². The lowest BCUT2D eigenvalue weighted by atomic mass is 9.99. The number of pyridine rings is 1. The first-order valence-electron chi connectivity index (χ1n) is 8.39. The minimum absolute atomic E-state index is 0.146. The highest BCUT2D eigenvalue weighted by Crippen LogP contribution is 2.47. The number of aryl methyl sites for hydroxylation is 1. The molecule has 0 bridgehead atoms. The Balaban J connectivity index is 0.00000117. The fraction of sp³-hybridized carbons (Fsp3) is 0.316. The summed E-state index contributed by atoms with van der Waals surface area (Å²) in [6.07, 6.45) is 3.38. The maximum Gasteiger partial charge on any atom is 0.191 e. The third-order valence-electron chi connectivity index (χ3n) is 3.92. The summed E-state index contributed by atoms with van der Waals surface area (Å²) >= 11 is 5.53. The molecule has 136 valence electrons. The molecule has 1 aliphatic rings. The van der Waals surface area contributed by atoms with E-state index in [1.54, 1.807) is 6.20 Å². The number of aromatic nitrogens is 1. The van der Waals surface area contributed by atoms with Crippen LogP contribution in [0, 0.1) is 18.3 Å². The van der Waals surface area contributed by atoms with Gasteiger partial charge in [-0.15, -0.1) is 12.6 Å². The summed E-state index contributed by atoms with van der Waals surface area (Å²) in [5.41, 5.74) is 8.03. The number of thiol groups is 1. The van der Waals surface area contributed by atoms with Gasteiger partial charge in [0.15, 0.2) is 5.84 Å². The predicted octanol–water partition coefficient (Wildman–Crippen LogP) is 4.60. The fourth-order valence-corrected chi connectivity index (χ4v) is 3.00. The van der Waals surface area contributed by atoms with Crippen molar-refractivity contribution in [2.24, 2.45) is 10.9 Å². The van der Waals surface area contributed by atoms with Crippen molar-refractivity contribution in [2.45, 2.75) is 48.8 Å². The molecule has 0 aliphatic heterocycles. The van der Waals surface area contributed by atoms with Crippen LogP contribution < -0.4 is 5.73 Å². The van der Waals surface area contributed by atoms with Crippen LogP contribution in [-0.2, 0) is 9.70 Å². The Morgan fingerprint density at radius 3 is 2.54 bits per heavy atom. The number of hydrogen-bond acceptors (Lipinski definition) is 6. The average molecular weight is 387 g/mol. The summed E-state index contributed by atoms with van der Waals surface area (Å²) in [6, 6.07) is 12.0. The van der Waals surface area contributed by atoms with Gasteiger partial charge in [-0.25, -0.2) is 0 Å². The van der Waals surface area contributed by atoms with Gasteiger partial charge in [0.1, 0.15) is 17.7 Å². The molecule has 0 spiro atoms. The van der Waals surface area contributed by atoms with Crippen molar-refractivity contribution in [1.29, 1.82) is 5.26 Å². The summed E-state index contributed by atoms with van der Waals surface area (Å²) in [5, 5.41) is 13.1. The smallest absolute Gasteiger partial charge is 0.191 e. The van der Waals surface area contributed by atoms with E-state index in [0.29, 0.717) is 10.6 Å². The Kier molecular flexibility index (Phi) is 6.95. The zero-order valence-corrected chi connectivity index (χ0v) is 16.8. The second-order valence-corrected chi connectivity index (χ2v) is 7.00. The molecule has 0 unspecified atom stereocenters. The maximum atomic E-state index is 9.25. The van der Waals surface area contributed by atoms with Gasteiger partial charge in [-0.3, -0.25) is 4.98 Å². The van der Waals surface area contributed by atoms with E-state index in [1.807, 2.05) is 51.1 Å². The molecular weight excluding hydrogens is 364 g/mol. The van der Waals surface area contributed by atoms with Crippen molar-refractivity contribution >= 4 is 30.5 Å². The van der Waals surface area contributed by atoms with E-state index in [-0.39, 0.29) is 5.84 Å². The molecule has 0 atom stereocenters. The van der Waals surface area contributed by atoms with E-state index < -0.39 is 5.41 Å². The molecule has 1 fully saturated rings. The van der Waals surface area contributed by atoms with Gasteiger partial charge in [-0.2, -0.15) is 5.26 Å². The first kappa shape index (κ1) is 20.1. The molecule has 0 amide bonds. The second kappa shape index (κ2) is 8.97. The highest BCUT2D eigenvalue weighted by Gasteiger charge is 2.45. The molecule has 7 heteroatoms. The summed E-state index contributed by atoms with van der Waals surface area (Å²) in [5.74, 6) is 0.146. The lowest BCUT2D eigenvalue weighted by molar-refractivity contribution is 0.404. The molecule has 1 aliphatic carbocycles. The van der Waals surface area contributed by atoms with Gasteiger partial charge in [0, 0.05) is 11.1 Å². The lowest BCUT2D eigenvalue weighted by Crippen LogP contribution is -2.17. The van der Waals surface area contributed by atoms with Gasteiger partial charge in [0.2, 0.25) is 0 Å². The molecule has 1 aromatic heterocycles. The molecule has 2 aromatic rings. The van der Waals surface area contributed by atoms with Gasteiger partial charge >= 0.3 is 0 Å². The van der Waals surface area contributed by atoms with Crippen molar-refractivity contribution in [3.63, 3.8) is 0 Å². The first-order chi connectivity index (χ1) is 12.5. The number of oxime groups is 1. The number of benzene rings is 1. The largest absolute Gasteiger partial charge is 0.379 e. The molecular formula is C19H22N4OS2. The Labute approximate surface area is 164 Å². The normalized spacial score (nSPS) is 14.7. The maximum absolute atomic E-state index is 9.25. The molecule has 5 nitrogen and oxygen atoms in total. The minimum atomic E-state index is -0.396. The Bertz CT molecular complexity index is 824. The van der Waals surface area contributed by atoms with E-state index in [4.69, 9.17) is 10.0 Å². The van der Waals surface area contributed by atoms with Crippen LogP contribution in [0.4, 0.5) is 0 Å². The number of amidine groups is 1. The monoisotopic (exact) mass is 386 g/mol. The van der Waals surface area contributed by atoms with E-state index in [9.17, 15) is 5.26 Å². The zero-order valence-electron chi connectivity index (χ0n) is 15.1. The number of nitrogens with zero attached hydrogens (tertiary/aromatic N) is 3. The highest BCUT2D eigenvalue weighted by atomic mass is 32.2. The number of hydrogen-bond donors (Lipinski definition) is 2.